The highest BCUT2D eigenvalue weighted by Crippen LogP contribution is 2.17. The van der Waals surface area contributed by atoms with Crippen molar-refractivity contribution in [2.45, 2.75) is 13.0 Å². The molecule has 0 radical (unpaired) electrons. The molecule has 5 heteroatoms. The van der Waals surface area contributed by atoms with E-state index in [1.54, 1.807) is 0 Å². The SMILES string of the molecule is NCc1cn2cc(N3CCCNCC3)ccc2n1. The van der Waals surface area contributed by atoms with Crippen LogP contribution in [0.25, 0.3) is 5.65 Å². The number of hydrogen-bond donors (Lipinski definition) is 2. The molecule has 5 nitrogen and oxygen atoms in total. The lowest BCUT2D eigenvalue weighted by Gasteiger charge is -2.22. The van der Waals surface area contributed by atoms with Gasteiger partial charge in [-0.25, -0.2) is 4.98 Å². The van der Waals surface area contributed by atoms with E-state index in [2.05, 4.69) is 37.9 Å². The zero-order chi connectivity index (χ0) is 12.4. The molecule has 3 N–H and O–H groups in total. The number of rotatable bonds is 2. The van der Waals surface area contributed by atoms with Crippen molar-refractivity contribution in [3.63, 3.8) is 0 Å². The smallest absolute Gasteiger partial charge is 0.137 e. The number of imidazole rings is 1. The summed E-state index contributed by atoms with van der Waals surface area (Å²) in [4.78, 5) is 6.86. The second-order valence-corrected chi connectivity index (χ2v) is 4.68. The Hall–Kier alpha value is -1.59. The lowest BCUT2D eigenvalue weighted by atomic mass is 10.3. The molecule has 18 heavy (non-hydrogen) atoms. The summed E-state index contributed by atoms with van der Waals surface area (Å²) < 4.78 is 2.07. The topological polar surface area (TPSA) is 58.6 Å². The van der Waals surface area contributed by atoms with Crippen molar-refractivity contribution < 1.29 is 0 Å². The molecule has 1 aliphatic rings. The van der Waals surface area contributed by atoms with Gasteiger partial charge in [0.1, 0.15) is 5.65 Å². The van der Waals surface area contributed by atoms with Crippen molar-refractivity contribution in [3.05, 3.63) is 30.2 Å². The molecular formula is C13H19N5. The molecule has 3 rings (SSSR count). The largest absolute Gasteiger partial charge is 0.369 e. The summed E-state index contributed by atoms with van der Waals surface area (Å²) in [6.07, 6.45) is 5.34. The van der Waals surface area contributed by atoms with Gasteiger partial charge in [-0.3, -0.25) is 0 Å². The van der Waals surface area contributed by atoms with Crippen LogP contribution in [-0.2, 0) is 6.54 Å². The first-order valence-electron chi connectivity index (χ1n) is 6.50. The quantitative estimate of drug-likeness (QED) is 0.813. The number of anilines is 1. The van der Waals surface area contributed by atoms with Crippen LogP contribution in [0.1, 0.15) is 12.1 Å². The van der Waals surface area contributed by atoms with Crippen molar-refractivity contribution in [2.75, 3.05) is 31.1 Å². The Morgan fingerprint density at radius 2 is 2.17 bits per heavy atom. The lowest BCUT2D eigenvalue weighted by Crippen LogP contribution is -2.27. The molecule has 0 bridgehead atoms. The molecule has 0 spiro atoms. The Labute approximate surface area is 107 Å². The molecule has 96 valence electrons. The first-order valence-corrected chi connectivity index (χ1v) is 6.50. The van der Waals surface area contributed by atoms with Crippen LogP contribution in [0.3, 0.4) is 0 Å². The molecule has 2 aromatic heterocycles. The van der Waals surface area contributed by atoms with E-state index >= 15 is 0 Å². The second kappa shape index (κ2) is 4.96. The van der Waals surface area contributed by atoms with E-state index in [4.69, 9.17) is 5.73 Å². The number of fused-ring (bicyclic) bond motifs is 1. The van der Waals surface area contributed by atoms with Gasteiger partial charge in [-0.05, 0) is 25.1 Å². The number of nitrogens with zero attached hydrogens (tertiary/aromatic N) is 3. The van der Waals surface area contributed by atoms with E-state index in [0.29, 0.717) is 6.54 Å². The summed E-state index contributed by atoms with van der Waals surface area (Å²) in [6.45, 7) is 4.82. The zero-order valence-corrected chi connectivity index (χ0v) is 10.5. The fraction of sp³-hybridized carbons (Fsp3) is 0.462. The van der Waals surface area contributed by atoms with Crippen molar-refractivity contribution in [3.8, 4) is 0 Å². The average molecular weight is 245 g/mol. The van der Waals surface area contributed by atoms with Crippen LogP contribution >= 0.6 is 0 Å². The Bertz CT molecular complexity index is 525. The lowest BCUT2D eigenvalue weighted by molar-refractivity contribution is 0.724. The van der Waals surface area contributed by atoms with Gasteiger partial charge in [-0.15, -0.1) is 0 Å². The number of hydrogen-bond acceptors (Lipinski definition) is 4. The van der Waals surface area contributed by atoms with Crippen LogP contribution in [0.4, 0.5) is 5.69 Å². The van der Waals surface area contributed by atoms with Gasteiger partial charge in [-0.2, -0.15) is 0 Å². The third kappa shape index (κ3) is 2.19. The third-order valence-corrected chi connectivity index (χ3v) is 3.40. The standard InChI is InChI=1S/C13H19N5/c14-8-11-9-18-10-12(2-3-13(18)16-11)17-6-1-4-15-5-7-17/h2-3,9-10,15H,1,4-8,14H2. The van der Waals surface area contributed by atoms with E-state index in [-0.39, 0.29) is 0 Å². The highest BCUT2D eigenvalue weighted by atomic mass is 15.2. The molecule has 0 atom stereocenters. The highest BCUT2D eigenvalue weighted by molar-refractivity contribution is 5.52. The van der Waals surface area contributed by atoms with Crippen LogP contribution in [0.2, 0.25) is 0 Å². The molecule has 0 amide bonds. The fourth-order valence-electron chi connectivity index (χ4n) is 2.42. The summed E-state index contributed by atoms with van der Waals surface area (Å²) >= 11 is 0. The van der Waals surface area contributed by atoms with Crippen molar-refractivity contribution in [2.24, 2.45) is 5.73 Å². The maximum absolute atomic E-state index is 5.62. The predicted octanol–water partition coefficient (Wildman–Crippen LogP) is 0.593. The molecule has 0 unspecified atom stereocenters. The van der Waals surface area contributed by atoms with E-state index in [1.807, 2.05) is 6.20 Å². The van der Waals surface area contributed by atoms with Crippen LogP contribution in [0, 0.1) is 0 Å². The molecular weight excluding hydrogens is 226 g/mol. The Morgan fingerprint density at radius 1 is 1.22 bits per heavy atom. The van der Waals surface area contributed by atoms with Crippen molar-refractivity contribution in [1.29, 1.82) is 0 Å². The summed E-state index contributed by atoms with van der Waals surface area (Å²) in [7, 11) is 0. The van der Waals surface area contributed by atoms with Crippen molar-refractivity contribution >= 4 is 11.3 Å². The van der Waals surface area contributed by atoms with Gasteiger partial charge in [0.2, 0.25) is 0 Å². The third-order valence-electron chi connectivity index (χ3n) is 3.40. The maximum atomic E-state index is 5.62. The summed E-state index contributed by atoms with van der Waals surface area (Å²) in [5.74, 6) is 0. The highest BCUT2D eigenvalue weighted by Gasteiger charge is 2.10. The summed E-state index contributed by atoms with van der Waals surface area (Å²) in [5.41, 5.74) is 8.78. The van der Waals surface area contributed by atoms with Gasteiger partial charge in [0.25, 0.3) is 0 Å². The number of pyridine rings is 1. The predicted molar refractivity (Wildman–Crippen MR) is 72.8 cm³/mol. The van der Waals surface area contributed by atoms with Crippen LogP contribution in [0.5, 0.6) is 0 Å². The molecule has 3 heterocycles. The van der Waals surface area contributed by atoms with Crippen LogP contribution in [0.15, 0.2) is 24.5 Å². The van der Waals surface area contributed by atoms with Crippen LogP contribution < -0.4 is 16.0 Å². The minimum Gasteiger partial charge on any atom is -0.369 e. The Kier molecular flexibility index (Phi) is 3.17. The fourth-order valence-corrected chi connectivity index (χ4v) is 2.42. The molecule has 1 fully saturated rings. The Balaban J connectivity index is 1.91. The van der Waals surface area contributed by atoms with Gasteiger partial charge < -0.3 is 20.4 Å². The first-order chi connectivity index (χ1) is 8.86. The average Bonchev–Trinajstić information content (AvgIpc) is 2.62. The number of nitrogens with two attached hydrogens (primary N) is 1. The molecule has 1 aliphatic heterocycles. The minimum atomic E-state index is 0.491. The molecule has 0 saturated carbocycles. The van der Waals surface area contributed by atoms with Crippen molar-refractivity contribution in [1.82, 2.24) is 14.7 Å². The normalized spacial score (nSPS) is 17.1. The molecule has 0 aromatic carbocycles. The monoisotopic (exact) mass is 245 g/mol. The van der Waals surface area contributed by atoms with E-state index in [9.17, 15) is 0 Å². The minimum absolute atomic E-state index is 0.491. The molecule has 1 saturated heterocycles. The number of aromatic nitrogens is 2. The van der Waals surface area contributed by atoms with Gasteiger partial charge in [0.15, 0.2) is 0 Å². The Morgan fingerprint density at radius 3 is 3.06 bits per heavy atom. The van der Waals surface area contributed by atoms with Gasteiger partial charge >= 0.3 is 0 Å². The van der Waals surface area contributed by atoms with E-state index in [1.165, 1.54) is 12.1 Å². The zero-order valence-electron chi connectivity index (χ0n) is 10.5. The van der Waals surface area contributed by atoms with E-state index in [0.717, 1.165) is 37.5 Å². The first kappa shape index (κ1) is 11.5. The van der Waals surface area contributed by atoms with Crippen LogP contribution in [-0.4, -0.2) is 35.6 Å². The second-order valence-electron chi connectivity index (χ2n) is 4.68. The maximum Gasteiger partial charge on any atom is 0.137 e. The molecule has 2 aromatic rings. The summed E-state index contributed by atoms with van der Waals surface area (Å²) in [5, 5.41) is 3.42. The number of nitrogens with one attached hydrogen (secondary N) is 1. The summed E-state index contributed by atoms with van der Waals surface area (Å²) in [6, 6.07) is 4.21. The van der Waals surface area contributed by atoms with Gasteiger partial charge in [0.05, 0.1) is 11.4 Å². The van der Waals surface area contributed by atoms with E-state index < -0.39 is 0 Å². The molecule has 0 aliphatic carbocycles. The van der Waals surface area contributed by atoms with Gasteiger partial charge in [-0.1, -0.05) is 0 Å². The van der Waals surface area contributed by atoms with Gasteiger partial charge in [0, 0.05) is 38.6 Å².